The number of hydrogen-bond acceptors (Lipinski definition) is 6. The molecule has 1 aliphatic heterocycles. The number of rotatable bonds is 13. The van der Waals surface area contributed by atoms with Crippen LogP contribution in [0.25, 0.3) is 0 Å². The smallest absolute Gasteiger partial charge is 0.460 e. The summed E-state index contributed by atoms with van der Waals surface area (Å²) in [5, 5.41) is 0. The van der Waals surface area contributed by atoms with Crippen LogP contribution in [0.15, 0.2) is 0 Å². The van der Waals surface area contributed by atoms with Crippen LogP contribution in [0.4, 0.5) is 74.6 Å². The molecule has 0 radical (unpaired) electrons. The molecule has 1 heterocycles. The molecule has 0 spiro atoms. The second kappa shape index (κ2) is 11.3. The minimum Gasteiger partial charge on any atom is -0.466 e. The van der Waals surface area contributed by atoms with Gasteiger partial charge in [-0.2, -0.15) is 74.6 Å². The van der Waals surface area contributed by atoms with Gasteiger partial charge in [-0.1, -0.05) is 0 Å². The fourth-order valence-corrected chi connectivity index (χ4v) is 3.61. The van der Waals surface area contributed by atoms with E-state index in [1.807, 2.05) is 0 Å². The van der Waals surface area contributed by atoms with E-state index in [0.29, 0.717) is 0 Å². The fourth-order valence-electron chi connectivity index (χ4n) is 3.61. The number of carbonyl (C=O) groups excluding carboxylic acids is 3. The Hall–Kier alpha value is -2.78. The van der Waals surface area contributed by atoms with Crippen LogP contribution in [0.2, 0.25) is 0 Å². The number of hydrogen-bond donors (Lipinski definition) is 0. The number of cyclic esters (lactones) is 1. The zero-order valence-electron chi connectivity index (χ0n) is 21.0. The van der Waals surface area contributed by atoms with Gasteiger partial charge in [0.1, 0.15) is 6.10 Å². The first-order valence-electron chi connectivity index (χ1n) is 11.1. The van der Waals surface area contributed by atoms with Gasteiger partial charge in [-0.15, -0.1) is 0 Å². The summed E-state index contributed by atoms with van der Waals surface area (Å²) >= 11 is 0. The summed E-state index contributed by atoms with van der Waals surface area (Å²) in [5.41, 5.74) is -3.00. The Morgan fingerprint density at radius 2 is 1.09 bits per heavy atom. The second-order valence-corrected chi connectivity index (χ2v) is 8.87. The first-order valence-corrected chi connectivity index (χ1v) is 11.1. The maximum atomic E-state index is 14.4. The highest BCUT2D eigenvalue weighted by Gasteiger charge is 2.95. The van der Waals surface area contributed by atoms with Gasteiger partial charge in [0.15, 0.2) is 5.41 Å². The molecule has 0 amide bonds. The SMILES string of the molecule is CCOC(=O)C[C@@]1(C(=O)OCC)C[C@@H](CC(F)(F)C(F)(F)C(F)(F)C(F)(F)C(F)(F)C(F)(F)C(F)(F)C(F)(F)F)OC1=O. The van der Waals surface area contributed by atoms with Gasteiger partial charge in [0, 0.05) is 6.42 Å². The quantitative estimate of drug-likeness (QED) is 0.100. The van der Waals surface area contributed by atoms with Crippen LogP contribution in [-0.2, 0) is 28.6 Å². The molecule has 2 atom stereocenters. The van der Waals surface area contributed by atoms with Crippen LogP contribution < -0.4 is 0 Å². The van der Waals surface area contributed by atoms with Gasteiger partial charge in [-0.3, -0.25) is 14.4 Å². The molecular formula is C20H17F17O6. The molecule has 6 nitrogen and oxygen atoms in total. The van der Waals surface area contributed by atoms with Gasteiger partial charge >= 0.3 is 65.5 Å². The van der Waals surface area contributed by atoms with Gasteiger partial charge in [-0.05, 0) is 13.8 Å². The largest absolute Gasteiger partial charge is 0.466 e. The van der Waals surface area contributed by atoms with Gasteiger partial charge in [0.2, 0.25) is 0 Å². The van der Waals surface area contributed by atoms with E-state index in [2.05, 4.69) is 14.2 Å². The minimum absolute atomic E-state index is 0.428. The van der Waals surface area contributed by atoms with Gasteiger partial charge in [0.05, 0.1) is 26.1 Å². The number of carbonyl (C=O) groups is 3. The third kappa shape index (κ3) is 5.75. The summed E-state index contributed by atoms with van der Waals surface area (Å²) in [6, 6.07) is 0. The van der Waals surface area contributed by atoms with E-state index in [0.717, 1.165) is 6.92 Å². The highest BCUT2D eigenvalue weighted by Crippen LogP contribution is 2.64. The normalized spacial score (nSPS) is 21.5. The Kier molecular flexibility index (Phi) is 10.0. The number of alkyl halides is 17. The van der Waals surface area contributed by atoms with Crippen molar-refractivity contribution in [2.45, 2.75) is 86.8 Å². The van der Waals surface area contributed by atoms with E-state index in [9.17, 15) is 89.0 Å². The zero-order chi connectivity index (χ0) is 34.5. The highest BCUT2D eigenvalue weighted by molar-refractivity contribution is 6.04. The van der Waals surface area contributed by atoms with E-state index in [1.54, 1.807) is 0 Å². The number of esters is 3. The van der Waals surface area contributed by atoms with Gasteiger partial charge in [-0.25, -0.2) is 0 Å². The standard InChI is InChI=1S/C20H17F17O6/c1-3-41-9(38)7-12(10(39)42-4-2)5-8(43-11(12)40)6-13(21,22)14(23,24)15(25,26)16(27,28)17(29,30)18(31,32)19(33,34)20(35,36)37/h8H,3-7H2,1-2H3/t8-,12+/m0/s1. The lowest BCUT2D eigenvalue weighted by molar-refractivity contribution is -0.462. The van der Waals surface area contributed by atoms with Gasteiger partial charge in [0.25, 0.3) is 0 Å². The van der Waals surface area contributed by atoms with Crippen molar-refractivity contribution in [3.05, 3.63) is 0 Å². The van der Waals surface area contributed by atoms with Crippen LogP contribution in [-0.4, -0.2) is 84.9 Å². The van der Waals surface area contributed by atoms with Gasteiger partial charge < -0.3 is 14.2 Å². The Balaban J connectivity index is 3.54. The molecule has 0 saturated carbocycles. The predicted molar refractivity (Wildman–Crippen MR) is 100 cm³/mol. The van der Waals surface area contributed by atoms with E-state index >= 15 is 0 Å². The molecule has 23 heteroatoms. The summed E-state index contributed by atoms with van der Waals surface area (Å²) < 4.78 is 242. The second-order valence-electron chi connectivity index (χ2n) is 8.87. The molecule has 0 bridgehead atoms. The summed E-state index contributed by atoms with van der Waals surface area (Å²) in [5.74, 6) is -63.1. The molecule has 0 aromatic carbocycles. The summed E-state index contributed by atoms with van der Waals surface area (Å²) in [7, 11) is 0. The van der Waals surface area contributed by atoms with Crippen LogP contribution >= 0.6 is 0 Å². The van der Waals surface area contributed by atoms with Crippen molar-refractivity contribution in [1.82, 2.24) is 0 Å². The van der Waals surface area contributed by atoms with Crippen LogP contribution in [0, 0.1) is 5.41 Å². The molecule has 1 rings (SSSR count). The molecule has 0 aromatic rings. The molecule has 1 aliphatic rings. The monoisotopic (exact) mass is 676 g/mol. The minimum atomic E-state index is -8.79. The lowest BCUT2D eigenvalue weighted by Gasteiger charge is -2.43. The molecule has 0 unspecified atom stereocenters. The number of ether oxygens (including phenoxy) is 3. The van der Waals surface area contributed by atoms with Crippen LogP contribution in [0.3, 0.4) is 0 Å². The molecule has 0 N–H and O–H groups in total. The van der Waals surface area contributed by atoms with Crippen molar-refractivity contribution in [2.24, 2.45) is 5.41 Å². The Bertz CT molecular complexity index is 1070. The highest BCUT2D eigenvalue weighted by atomic mass is 19.4. The van der Waals surface area contributed by atoms with E-state index in [4.69, 9.17) is 0 Å². The fraction of sp³-hybridized carbons (Fsp3) is 0.850. The third-order valence-electron chi connectivity index (χ3n) is 5.93. The lowest BCUT2D eigenvalue weighted by Crippen LogP contribution is -2.74. The topological polar surface area (TPSA) is 78.9 Å². The molecule has 1 fully saturated rings. The Morgan fingerprint density at radius 1 is 0.698 bits per heavy atom. The molecule has 1 saturated heterocycles. The Labute approximate surface area is 227 Å². The predicted octanol–water partition coefficient (Wildman–Crippen LogP) is 6.20. The maximum absolute atomic E-state index is 14.4. The van der Waals surface area contributed by atoms with E-state index < -0.39 is 110 Å². The van der Waals surface area contributed by atoms with E-state index in [-0.39, 0.29) is 0 Å². The van der Waals surface area contributed by atoms with Crippen molar-refractivity contribution >= 4 is 17.9 Å². The molecule has 0 aliphatic carbocycles. The average Bonchev–Trinajstić information content (AvgIpc) is 3.12. The van der Waals surface area contributed by atoms with Crippen molar-refractivity contribution in [3.63, 3.8) is 0 Å². The zero-order valence-corrected chi connectivity index (χ0v) is 21.0. The van der Waals surface area contributed by atoms with E-state index in [1.165, 1.54) is 6.92 Å². The summed E-state index contributed by atoms with van der Waals surface area (Å²) in [6.07, 6.45) is -17.0. The van der Waals surface area contributed by atoms with Crippen molar-refractivity contribution < 1.29 is 103 Å². The van der Waals surface area contributed by atoms with Crippen LogP contribution in [0.1, 0.15) is 33.1 Å². The lowest BCUT2D eigenvalue weighted by atomic mass is 9.80. The molecule has 252 valence electrons. The number of halogens is 17. The maximum Gasteiger partial charge on any atom is 0.460 e. The first-order chi connectivity index (χ1) is 18.9. The molecule has 43 heavy (non-hydrogen) atoms. The average molecular weight is 676 g/mol. The van der Waals surface area contributed by atoms with Crippen molar-refractivity contribution in [3.8, 4) is 0 Å². The van der Waals surface area contributed by atoms with Crippen molar-refractivity contribution in [2.75, 3.05) is 13.2 Å². The van der Waals surface area contributed by atoms with Crippen molar-refractivity contribution in [1.29, 1.82) is 0 Å². The molecular weight excluding hydrogens is 659 g/mol. The first kappa shape index (κ1) is 38.2. The Morgan fingerprint density at radius 3 is 1.49 bits per heavy atom. The van der Waals surface area contributed by atoms with Crippen LogP contribution in [0.5, 0.6) is 0 Å². The molecule has 0 aromatic heterocycles. The third-order valence-corrected chi connectivity index (χ3v) is 5.93. The summed E-state index contributed by atoms with van der Waals surface area (Å²) in [4.78, 5) is 36.4. The summed E-state index contributed by atoms with van der Waals surface area (Å²) in [6.45, 7) is 1.26.